The van der Waals surface area contributed by atoms with E-state index in [9.17, 15) is 4.79 Å². The van der Waals surface area contributed by atoms with E-state index in [2.05, 4.69) is 10.3 Å². The summed E-state index contributed by atoms with van der Waals surface area (Å²) in [4.78, 5) is 16.8. The average molecular weight is 232 g/mol. The lowest BCUT2D eigenvalue weighted by Crippen LogP contribution is -2.58. The summed E-state index contributed by atoms with van der Waals surface area (Å²) < 4.78 is 5.53. The molecule has 2 rings (SSSR count). The maximum Gasteiger partial charge on any atom is 0.317 e. The maximum absolute atomic E-state index is 11.2. The van der Waals surface area contributed by atoms with Crippen LogP contribution in [0.1, 0.15) is 5.56 Å². The second-order valence-electron chi connectivity index (χ2n) is 3.70. The van der Waals surface area contributed by atoms with E-state index in [4.69, 9.17) is 10.00 Å². The first kappa shape index (κ1) is 11.2. The van der Waals surface area contributed by atoms with Gasteiger partial charge in [0, 0.05) is 19.3 Å². The number of carbonyl (C=O) groups excluding carboxylic acids is 1. The zero-order chi connectivity index (χ0) is 12.3. The Kier molecular flexibility index (Phi) is 3.10. The van der Waals surface area contributed by atoms with Crippen molar-refractivity contribution >= 4 is 6.03 Å². The van der Waals surface area contributed by atoms with Gasteiger partial charge in [0.2, 0.25) is 5.88 Å². The van der Waals surface area contributed by atoms with Crippen molar-refractivity contribution in [3.8, 4) is 11.9 Å². The average Bonchev–Trinajstić information content (AvgIpc) is 2.33. The fourth-order valence-corrected chi connectivity index (χ4v) is 1.52. The van der Waals surface area contributed by atoms with Gasteiger partial charge in [0.25, 0.3) is 0 Å². The number of amides is 2. The van der Waals surface area contributed by atoms with Crippen molar-refractivity contribution in [2.24, 2.45) is 0 Å². The Morgan fingerprint density at radius 1 is 1.65 bits per heavy atom. The Bertz CT molecular complexity index is 446. The molecule has 0 radical (unpaired) electrons. The van der Waals surface area contributed by atoms with Crippen LogP contribution in [0.3, 0.4) is 0 Å². The van der Waals surface area contributed by atoms with E-state index in [1.54, 1.807) is 24.1 Å². The molecule has 0 spiro atoms. The molecule has 1 N–H and O–H groups in total. The van der Waals surface area contributed by atoms with Crippen molar-refractivity contribution in [2.45, 2.75) is 6.10 Å². The molecule has 6 heteroatoms. The first-order valence-electron chi connectivity index (χ1n) is 5.22. The number of ether oxygens (including phenoxy) is 1. The molecule has 1 saturated heterocycles. The summed E-state index contributed by atoms with van der Waals surface area (Å²) >= 11 is 0. The lowest BCUT2D eigenvalue weighted by molar-refractivity contribution is 0.0421. The van der Waals surface area contributed by atoms with E-state index in [1.165, 1.54) is 6.20 Å². The minimum absolute atomic E-state index is 0.0206. The number of rotatable bonds is 2. The normalized spacial score (nSPS) is 14.7. The number of urea groups is 1. The molecule has 88 valence electrons. The third-order valence-electron chi connectivity index (χ3n) is 2.50. The molecular formula is C11H12N4O2. The van der Waals surface area contributed by atoms with Crippen LogP contribution in [0.15, 0.2) is 18.3 Å². The Morgan fingerprint density at radius 3 is 2.94 bits per heavy atom. The fraction of sp³-hybridized carbons (Fsp3) is 0.364. The third kappa shape index (κ3) is 2.45. The van der Waals surface area contributed by atoms with Gasteiger partial charge in [0.05, 0.1) is 18.7 Å². The van der Waals surface area contributed by atoms with Crippen LogP contribution < -0.4 is 10.1 Å². The number of carbonyl (C=O) groups is 1. The number of hydrogen-bond acceptors (Lipinski definition) is 4. The largest absolute Gasteiger partial charge is 0.471 e. The highest BCUT2D eigenvalue weighted by molar-refractivity contribution is 5.74. The van der Waals surface area contributed by atoms with Crippen molar-refractivity contribution < 1.29 is 9.53 Å². The molecule has 1 aromatic rings. The van der Waals surface area contributed by atoms with E-state index in [0.29, 0.717) is 24.5 Å². The highest BCUT2D eigenvalue weighted by Gasteiger charge is 2.31. The van der Waals surface area contributed by atoms with Crippen LogP contribution in [0.5, 0.6) is 5.88 Å². The summed E-state index contributed by atoms with van der Waals surface area (Å²) in [6.45, 7) is 1.11. The molecule has 0 bridgehead atoms. The number of likely N-dealkylation sites (tertiary alicyclic amines) is 1. The Labute approximate surface area is 98.8 Å². The molecule has 1 aromatic heterocycles. The fourth-order valence-electron chi connectivity index (χ4n) is 1.52. The minimum atomic E-state index is -0.0994. The molecule has 0 atom stereocenters. The summed E-state index contributed by atoms with van der Waals surface area (Å²) in [5, 5.41) is 11.2. The van der Waals surface area contributed by atoms with E-state index in [-0.39, 0.29) is 12.1 Å². The monoisotopic (exact) mass is 232 g/mol. The number of nitrogens with zero attached hydrogens (tertiary/aromatic N) is 3. The molecule has 1 aliphatic rings. The number of pyridine rings is 1. The van der Waals surface area contributed by atoms with Gasteiger partial charge >= 0.3 is 6.03 Å². The number of hydrogen-bond donors (Lipinski definition) is 1. The number of nitriles is 1. The minimum Gasteiger partial charge on any atom is -0.471 e. The third-order valence-corrected chi connectivity index (χ3v) is 2.50. The summed E-state index contributed by atoms with van der Waals surface area (Å²) in [6, 6.07) is 5.19. The summed E-state index contributed by atoms with van der Waals surface area (Å²) in [5.74, 6) is 0.477. The number of nitrogens with one attached hydrogen (secondary N) is 1. The first-order chi connectivity index (χ1) is 8.22. The zero-order valence-electron chi connectivity index (χ0n) is 9.38. The molecule has 2 heterocycles. The van der Waals surface area contributed by atoms with Crippen molar-refractivity contribution in [3.63, 3.8) is 0 Å². The maximum atomic E-state index is 11.2. The highest BCUT2D eigenvalue weighted by atomic mass is 16.5. The molecule has 1 fully saturated rings. The van der Waals surface area contributed by atoms with Gasteiger partial charge in [0.1, 0.15) is 12.2 Å². The van der Waals surface area contributed by atoms with Crippen LogP contribution in [-0.4, -0.2) is 42.2 Å². The molecule has 0 unspecified atom stereocenters. The smallest absolute Gasteiger partial charge is 0.317 e. The molecule has 6 nitrogen and oxygen atoms in total. The van der Waals surface area contributed by atoms with Gasteiger partial charge in [-0.2, -0.15) is 5.26 Å². The molecule has 17 heavy (non-hydrogen) atoms. The molecule has 1 aliphatic heterocycles. The van der Waals surface area contributed by atoms with Gasteiger partial charge in [-0.3, -0.25) is 0 Å². The lowest BCUT2D eigenvalue weighted by Gasteiger charge is -2.38. The Morgan fingerprint density at radius 2 is 2.41 bits per heavy atom. The van der Waals surface area contributed by atoms with Crippen molar-refractivity contribution in [2.75, 3.05) is 20.1 Å². The van der Waals surface area contributed by atoms with Gasteiger partial charge in [-0.25, -0.2) is 9.78 Å². The van der Waals surface area contributed by atoms with Gasteiger partial charge in [-0.05, 0) is 6.07 Å². The van der Waals surface area contributed by atoms with Crippen LogP contribution in [0.25, 0.3) is 0 Å². The first-order valence-corrected chi connectivity index (χ1v) is 5.22. The standard InChI is InChI=1S/C11H12N4O2/c1-13-11(16)15-6-9(7-15)17-10-3-2-8(4-12)5-14-10/h2-3,5,9H,6-7H2,1H3,(H,13,16). The summed E-state index contributed by atoms with van der Waals surface area (Å²) in [6.07, 6.45) is 1.44. The summed E-state index contributed by atoms with van der Waals surface area (Å²) in [5.41, 5.74) is 0.498. The topological polar surface area (TPSA) is 78.3 Å². The van der Waals surface area contributed by atoms with Crippen LogP contribution in [-0.2, 0) is 0 Å². The molecular weight excluding hydrogens is 220 g/mol. The van der Waals surface area contributed by atoms with Gasteiger partial charge in [0.15, 0.2) is 0 Å². The van der Waals surface area contributed by atoms with Gasteiger partial charge in [-0.1, -0.05) is 0 Å². The predicted octanol–water partition coefficient (Wildman–Crippen LogP) is 0.356. The van der Waals surface area contributed by atoms with E-state index in [1.807, 2.05) is 6.07 Å². The quantitative estimate of drug-likeness (QED) is 0.798. The second kappa shape index (κ2) is 4.70. The Hall–Kier alpha value is -2.29. The van der Waals surface area contributed by atoms with Crippen molar-refractivity contribution in [1.82, 2.24) is 15.2 Å². The highest BCUT2D eigenvalue weighted by Crippen LogP contribution is 2.16. The molecule has 2 amide bonds. The predicted molar refractivity (Wildman–Crippen MR) is 59.4 cm³/mol. The van der Waals surface area contributed by atoms with E-state index >= 15 is 0 Å². The van der Waals surface area contributed by atoms with Crippen LogP contribution in [0.2, 0.25) is 0 Å². The summed E-state index contributed by atoms with van der Waals surface area (Å²) in [7, 11) is 1.60. The van der Waals surface area contributed by atoms with Gasteiger partial charge in [-0.15, -0.1) is 0 Å². The lowest BCUT2D eigenvalue weighted by atomic mass is 10.2. The second-order valence-corrected chi connectivity index (χ2v) is 3.70. The van der Waals surface area contributed by atoms with Crippen LogP contribution in [0, 0.1) is 11.3 Å². The SMILES string of the molecule is CNC(=O)N1CC(Oc2ccc(C#N)cn2)C1. The van der Waals surface area contributed by atoms with Crippen molar-refractivity contribution in [3.05, 3.63) is 23.9 Å². The van der Waals surface area contributed by atoms with Gasteiger partial charge < -0.3 is 15.0 Å². The van der Waals surface area contributed by atoms with E-state index in [0.717, 1.165) is 0 Å². The Balaban J connectivity index is 1.84. The molecule has 0 saturated carbocycles. The zero-order valence-corrected chi connectivity index (χ0v) is 9.38. The van der Waals surface area contributed by atoms with Crippen LogP contribution >= 0.6 is 0 Å². The molecule has 0 aromatic carbocycles. The molecule has 0 aliphatic carbocycles. The van der Waals surface area contributed by atoms with E-state index < -0.39 is 0 Å². The van der Waals surface area contributed by atoms with Crippen molar-refractivity contribution in [1.29, 1.82) is 5.26 Å². The van der Waals surface area contributed by atoms with Crippen LogP contribution in [0.4, 0.5) is 4.79 Å². The number of aromatic nitrogens is 1.